The lowest BCUT2D eigenvalue weighted by atomic mass is 9.90. The van der Waals surface area contributed by atoms with E-state index in [1.807, 2.05) is 0 Å². The van der Waals surface area contributed by atoms with Gasteiger partial charge in [-0.3, -0.25) is 13.7 Å². The molecule has 13 heteroatoms. The summed E-state index contributed by atoms with van der Waals surface area (Å²) in [4.78, 5) is 15.9. The largest absolute Gasteiger partial charge is 0.473 e. The van der Waals surface area contributed by atoms with E-state index in [-0.39, 0.29) is 47.7 Å². The van der Waals surface area contributed by atoms with Crippen LogP contribution in [0.15, 0.2) is 54.6 Å². The number of ether oxygens (including phenoxy) is 1. The van der Waals surface area contributed by atoms with Gasteiger partial charge in [-0.1, -0.05) is 36.4 Å². The summed E-state index contributed by atoms with van der Waals surface area (Å²) < 4.78 is 81.9. The molecule has 1 aromatic heterocycles. The zero-order chi connectivity index (χ0) is 28.0. The third kappa shape index (κ3) is 7.05. The molecule has 0 saturated heterocycles. The highest BCUT2D eigenvalue weighted by Crippen LogP contribution is 2.35. The Hall–Kier alpha value is -3.55. The summed E-state index contributed by atoms with van der Waals surface area (Å²) in [7, 11) is 1.20. The molecule has 3 rings (SSSR count). The third-order valence-corrected chi connectivity index (χ3v) is 6.50. The van der Waals surface area contributed by atoms with Crippen molar-refractivity contribution in [1.29, 1.82) is 0 Å². The zero-order valence-corrected chi connectivity index (χ0v) is 20.9. The second kappa shape index (κ2) is 12.3. The van der Waals surface area contributed by atoms with E-state index >= 15 is 0 Å². The van der Waals surface area contributed by atoms with Crippen LogP contribution in [-0.4, -0.2) is 31.8 Å². The smallest absolute Gasteiger partial charge is 0.433 e. The molecule has 0 aliphatic heterocycles. The Morgan fingerprint density at radius 2 is 1.87 bits per heavy atom. The molecule has 38 heavy (non-hydrogen) atoms. The fourth-order valence-electron chi connectivity index (χ4n) is 3.84. The van der Waals surface area contributed by atoms with E-state index < -0.39 is 47.4 Å². The minimum absolute atomic E-state index is 0.0718. The van der Waals surface area contributed by atoms with Crippen molar-refractivity contribution in [1.82, 2.24) is 4.98 Å². The monoisotopic (exact) mass is 555 g/mol. The molecule has 0 radical (unpaired) electrons. The highest BCUT2D eigenvalue weighted by atomic mass is 32.2. The number of nitrogens with two attached hydrogens (primary N) is 1. The maximum Gasteiger partial charge on any atom is 0.433 e. The highest BCUT2D eigenvalue weighted by Gasteiger charge is 2.35. The Morgan fingerprint density at radius 1 is 1.18 bits per heavy atom. The molecule has 3 aromatic rings. The molecule has 0 spiro atoms. The second-order valence-corrected chi connectivity index (χ2v) is 9.32. The minimum atomic E-state index is -4.80. The molecule has 0 fully saturated rings. The van der Waals surface area contributed by atoms with E-state index in [1.54, 1.807) is 30.3 Å². The Labute approximate surface area is 218 Å². The van der Waals surface area contributed by atoms with Gasteiger partial charge in [0, 0.05) is 12.6 Å². The average molecular weight is 556 g/mol. The summed E-state index contributed by atoms with van der Waals surface area (Å²) in [5, 5.41) is 9.83. The van der Waals surface area contributed by atoms with Gasteiger partial charge in [0.15, 0.2) is 0 Å². The maximum absolute atomic E-state index is 14.6. The quantitative estimate of drug-likeness (QED) is 0.242. The first kappa shape index (κ1) is 29.0. The van der Waals surface area contributed by atoms with Crippen molar-refractivity contribution < 1.29 is 41.0 Å². The van der Waals surface area contributed by atoms with Crippen LogP contribution in [0.3, 0.4) is 0 Å². The van der Waals surface area contributed by atoms with Crippen molar-refractivity contribution in [3.63, 3.8) is 0 Å². The lowest BCUT2D eigenvalue weighted by molar-refractivity contribution is -0.141. The summed E-state index contributed by atoms with van der Waals surface area (Å²) in [5.41, 5.74) is 5.00. The molecule has 4 N–H and O–H groups in total. The molecular weight excluding hydrogens is 530 g/mol. The number of carbonyl (C=O) groups is 1. The molecule has 0 aliphatic carbocycles. The van der Waals surface area contributed by atoms with Crippen LogP contribution >= 0.6 is 0 Å². The number of pyridine rings is 1. The topological polar surface area (TPSA) is 126 Å². The van der Waals surface area contributed by atoms with E-state index in [0.717, 1.165) is 10.4 Å². The summed E-state index contributed by atoms with van der Waals surface area (Å²) in [5.74, 6) is -3.13. The van der Waals surface area contributed by atoms with Gasteiger partial charge in [0.2, 0.25) is 11.8 Å². The zero-order valence-electron chi connectivity index (χ0n) is 20.1. The molecule has 204 valence electrons. The maximum atomic E-state index is 14.6. The number of anilines is 1. The van der Waals surface area contributed by atoms with Crippen LogP contribution in [0.5, 0.6) is 5.88 Å². The molecule has 0 aliphatic rings. The number of carbonyl (C=O) groups excluding carboxylic acids is 1. The summed E-state index contributed by atoms with van der Waals surface area (Å²) in [6.07, 6.45) is -4.95. The molecule has 2 unspecified atom stereocenters. The van der Waals surface area contributed by atoms with Gasteiger partial charge in [0.25, 0.3) is 11.3 Å². The lowest BCUT2D eigenvalue weighted by Crippen LogP contribution is -2.24. The van der Waals surface area contributed by atoms with Gasteiger partial charge in [0.05, 0.1) is 18.2 Å². The fraction of sp³-hybridized carbons (Fsp3) is 0.280. The number of aromatic nitrogens is 1. The number of nitrogens with zero attached hydrogens (tertiary/aromatic N) is 2. The van der Waals surface area contributed by atoms with Crippen LogP contribution in [0, 0.1) is 5.82 Å². The van der Waals surface area contributed by atoms with Crippen molar-refractivity contribution in [2.45, 2.75) is 38.1 Å². The highest BCUT2D eigenvalue weighted by molar-refractivity contribution is 7.80. The van der Waals surface area contributed by atoms with Crippen molar-refractivity contribution in [3.05, 3.63) is 88.4 Å². The number of alkyl halides is 3. The van der Waals surface area contributed by atoms with Crippen LogP contribution in [0.2, 0.25) is 0 Å². The molecule has 8 nitrogen and oxygen atoms in total. The van der Waals surface area contributed by atoms with Gasteiger partial charge in [0.1, 0.15) is 18.1 Å². The predicted molar refractivity (Wildman–Crippen MR) is 132 cm³/mol. The lowest BCUT2D eigenvalue weighted by Gasteiger charge is -2.20. The first-order chi connectivity index (χ1) is 17.9. The van der Waals surface area contributed by atoms with Crippen molar-refractivity contribution >= 4 is 22.9 Å². The Morgan fingerprint density at radius 3 is 2.42 bits per heavy atom. The molecule has 1 heterocycles. The van der Waals surface area contributed by atoms with E-state index in [2.05, 4.69) is 4.98 Å². The third-order valence-electron chi connectivity index (χ3n) is 5.83. The molecule has 1 amide bonds. The van der Waals surface area contributed by atoms with Crippen LogP contribution < -0.4 is 14.8 Å². The molecule has 2 atom stereocenters. The normalized spacial score (nSPS) is 13.1. The Balaban J connectivity index is 1.94. The summed E-state index contributed by atoms with van der Waals surface area (Å²) >= 11 is -2.48. The Kier molecular flexibility index (Phi) is 9.41. The van der Waals surface area contributed by atoms with Gasteiger partial charge in [-0.05, 0) is 47.7 Å². The average Bonchev–Trinajstić information content (AvgIpc) is 2.87. The first-order valence-corrected chi connectivity index (χ1v) is 12.3. The van der Waals surface area contributed by atoms with E-state index in [4.69, 9.17) is 10.5 Å². The van der Waals surface area contributed by atoms with Gasteiger partial charge in [-0.15, -0.1) is 0 Å². The summed E-state index contributed by atoms with van der Waals surface area (Å²) in [6.45, 7) is -0.851. The van der Waals surface area contributed by atoms with Gasteiger partial charge >= 0.3 is 6.18 Å². The molecule has 2 aromatic carbocycles. The van der Waals surface area contributed by atoms with E-state index in [1.165, 1.54) is 19.2 Å². The van der Waals surface area contributed by atoms with Crippen LogP contribution in [0.25, 0.3) is 0 Å². The number of aliphatic hydroxyl groups excluding tert-OH is 1. The van der Waals surface area contributed by atoms with Gasteiger partial charge in [-0.25, -0.2) is 13.6 Å². The van der Waals surface area contributed by atoms with Gasteiger partial charge < -0.3 is 15.6 Å². The fourth-order valence-corrected chi connectivity index (χ4v) is 4.16. The van der Waals surface area contributed by atoms with E-state index in [9.17, 15) is 36.2 Å². The standard InChI is InChI=1S/C25H25F4N3O5S/c1-32(38(35)36)21-10-7-16(11-20(21)26)18(23(30)34)8-9-19-17(13-33)12-22(25(27,28)29)31-24(19)37-14-15-5-3-2-4-6-15/h2-7,10-12,18,33H,8-9,13-14H2,1H3,(H2,30,34)(H,35,36). The SMILES string of the molecule is CN(c1ccc(C(CCc2c(CO)cc(C(F)(F)F)nc2OCc2ccccc2)C(N)=O)cc1F)S(=O)O. The molecule has 0 bridgehead atoms. The first-order valence-electron chi connectivity index (χ1n) is 11.2. The van der Waals surface area contributed by atoms with Crippen molar-refractivity contribution in [3.8, 4) is 5.88 Å². The predicted octanol–water partition coefficient (Wildman–Crippen LogP) is 4.09. The van der Waals surface area contributed by atoms with Crippen LogP contribution in [-0.2, 0) is 41.9 Å². The van der Waals surface area contributed by atoms with E-state index in [0.29, 0.717) is 11.6 Å². The molecular formula is C25H25F4N3O5S. The number of aliphatic hydroxyl groups is 1. The number of hydrogen-bond donors (Lipinski definition) is 3. The van der Waals surface area contributed by atoms with Crippen molar-refractivity contribution in [2.24, 2.45) is 5.73 Å². The summed E-state index contributed by atoms with van der Waals surface area (Å²) in [6, 6.07) is 12.9. The number of benzene rings is 2. The Bertz CT molecular complexity index is 1310. The van der Waals surface area contributed by atoms with Crippen LogP contribution in [0.1, 0.15) is 40.3 Å². The number of amides is 1. The second-order valence-electron chi connectivity index (χ2n) is 8.31. The number of halogens is 4. The number of rotatable bonds is 11. The van der Waals surface area contributed by atoms with Crippen LogP contribution in [0.4, 0.5) is 23.2 Å². The molecule has 0 saturated carbocycles. The van der Waals surface area contributed by atoms with Gasteiger partial charge in [-0.2, -0.15) is 13.2 Å². The minimum Gasteiger partial charge on any atom is -0.473 e. The number of primary amides is 1. The van der Waals surface area contributed by atoms with Crippen molar-refractivity contribution in [2.75, 3.05) is 11.4 Å². The number of hydrogen-bond acceptors (Lipinski definition) is 5.